The van der Waals surface area contributed by atoms with Gasteiger partial charge in [0.15, 0.2) is 0 Å². The molecule has 0 atom stereocenters. The maximum Gasteiger partial charge on any atom is 0.240 e. The number of benzene rings is 1. The first kappa shape index (κ1) is 11.7. The summed E-state index contributed by atoms with van der Waals surface area (Å²) < 4.78 is 0. The molecule has 15 heavy (non-hydrogen) atoms. The van der Waals surface area contributed by atoms with Crippen LogP contribution >= 0.6 is 0 Å². The van der Waals surface area contributed by atoms with Crippen LogP contribution in [0.2, 0.25) is 0 Å². The molecule has 0 unspecified atom stereocenters. The molecule has 1 aromatic carbocycles. The molecule has 0 aliphatic rings. The number of aliphatic imine (C=N–C) groups is 1. The van der Waals surface area contributed by atoms with E-state index in [4.69, 9.17) is 0 Å². The number of hydrogen-bond donors (Lipinski definition) is 0. The normalized spacial score (nSPS) is 9.93. The van der Waals surface area contributed by atoms with E-state index in [1.54, 1.807) is 6.08 Å². The number of rotatable bonds is 2. The van der Waals surface area contributed by atoms with Crippen LogP contribution in [0.3, 0.4) is 0 Å². The third kappa shape index (κ3) is 1.86. The van der Waals surface area contributed by atoms with Crippen LogP contribution < -0.4 is 0 Å². The van der Waals surface area contributed by atoms with Crippen LogP contribution in [0.25, 0.3) is 0 Å². The monoisotopic (exact) mass is 203 g/mol. The summed E-state index contributed by atoms with van der Waals surface area (Å²) in [5, 5.41) is 0. The Hall–Kier alpha value is -1.40. The maximum absolute atomic E-state index is 10.4. The van der Waals surface area contributed by atoms with Gasteiger partial charge in [-0.3, -0.25) is 0 Å². The number of hydrogen-bond acceptors (Lipinski definition) is 2. The Labute approximate surface area is 91.0 Å². The zero-order valence-electron chi connectivity index (χ0n) is 10.1. The summed E-state index contributed by atoms with van der Waals surface area (Å²) >= 11 is 0. The molecule has 0 fully saturated rings. The van der Waals surface area contributed by atoms with Gasteiger partial charge in [-0.2, -0.15) is 4.99 Å². The lowest BCUT2D eigenvalue weighted by Gasteiger charge is -2.16. The molecule has 0 aliphatic carbocycles. The van der Waals surface area contributed by atoms with Gasteiger partial charge in [0, 0.05) is 0 Å². The molecule has 80 valence electrons. The summed E-state index contributed by atoms with van der Waals surface area (Å²) in [5.74, 6) is 0. The quantitative estimate of drug-likeness (QED) is 0.534. The number of carbonyl (C=O) groups excluding carboxylic acids is 1. The summed E-state index contributed by atoms with van der Waals surface area (Å²) in [6, 6.07) is 0. The van der Waals surface area contributed by atoms with Gasteiger partial charge in [0.05, 0.1) is 5.69 Å². The van der Waals surface area contributed by atoms with Crippen LogP contribution in [-0.4, -0.2) is 6.08 Å². The molecule has 0 radical (unpaired) electrons. The minimum Gasteiger partial charge on any atom is -0.211 e. The predicted molar refractivity (Wildman–Crippen MR) is 62.5 cm³/mol. The third-order valence-corrected chi connectivity index (χ3v) is 3.25. The van der Waals surface area contributed by atoms with Crippen molar-refractivity contribution in [2.75, 3.05) is 0 Å². The zero-order valence-corrected chi connectivity index (χ0v) is 10.1. The first-order chi connectivity index (χ1) is 7.04. The number of nitrogens with zero attached hydrogens (tertiary/aromatic N) is 1. The second-order valence-corrected chi connectivity index (χ2v) is 3.88. The van der Waals surface area contributed by atoms with Crippen molar-refractivity contribution in [3.8, 4) is 0 Å². The molecule has 0 saturated carbocycles. The Morgan fingerprint density at radius 1 is 1.00 bits per heavy atom. The van der Waals surface area contributed by atoms with Crippen LogP contribution in [0.1, 0.15) is 34.7 Å². The largest absolute Gasteiger partial charge is 0.240 e. The van der Waals surface area contributed by atoms with Crippen molar-refractivity contribution < 1.29 is 4.79 Å². The Kier molecular flexibility index (Phi) is 3.43. The average Bonchev–Trinajstić information content (AvgIpc) is 2.23. The number of isocyanates is 1. The summed E-state index contributed by atoms with van der Waals surface area (Å²) in [6.45, 7) is 10.3. The van der Waals surface area contributed by atoms with E-state index < -0.39 is 0 Å². The van der Waals surface area contributed by atoms with E-state index in [9.17, 15) is 4.79 Å². The predicted octanol–water partition coefficient (Wildman–Crippen LogP) is 3.45. The summed E-state index contributed by atoms with van der Waals surface area (Å²) in [6.07, 6.45) is 2.65. The van der Waals surface area contributed by atoms with Crippen LogP contribution in [0.5, 0.6) is 0 Å². The van der Waals surface area contributed by atoms with Gasteiger partial charge in [-0.15, -0.1) is 0 Å². The zero-order chi connectivity index (χ0) is 11.6. The lowest BCUT2D eigenvalue weighted by molar-refractivity contribution is 0.565. The van der Waals surface area contributed by atoms with Crippen LogP contribution in [-0.2, 0) is 11.2 Å². The fraction of sp³-hybridized carbons (Fsp3) is 0.462. The lowest BCUT2D eigenvalue weighted by Crippen LogP contribution is -1.98. The highest BCUT2D eigenvalue weighted by Crippen LogP contribution is 2.32. The van der Waals surface area contributed by atoms with E-state index in [0.29, 0.717) is 0 Å². The molecule has 2 nitrogen and oxygen atoms in total. The van der Waals surface area contributed by atoms with Crippen molar-refractivity contribution >= 4 is 11.8 Å². The first-order valence-corrected chi connectivity index (χ1v) is 5.21. The SMILES string of the molecule is CCc1c(C)c(C)c(N=C=O)c(C)c1C. The third-order valence-electron chi connectivity index (χ3n) is 3.25. The Morgan fingerprint density at radius 3 is 1.80 bits per heavy atom. The molecule has 0 amide bonds. The van der Waals surface area contributed by atoms with Gasteiger partial charge in [0.25, 0.3) is 0 Å². The van der Waals surface area contributed by atoms with Crippen molar-refractivity contribution in [1.29, 1.82) is 0 Å². The van der Waals surface area contributed by atoms with Gasteiger partial charge in [-0.25, -0.2) is 4.79 Å². The summed E-state index contributed by atoms with van der Waals surface area (Å²) in [4.78, 5) is 14.2. The van der Waals surface area contributed by atoms with E-state index in [1.807, 2.05) is 13.8 Å². The average molecular weight is 203 g/mol. The van der Waals surface area contributed by atoms with Gasteiger partial charge >= 0.3 is 0 Å². The molecule has 0 aliphatic heterocycles. The van der Waals surface area contributed by atoms with Crippen molar-refractivity contribution in [1.82, 2.24) is 0 Å². The van der Waals surface area contributed by atoms with Crippen molar-refractivity contribution in [3.63, 3.8) is 0 Å². The van der Waals surface area contributed by atoms with E-state index in [0.717, 1.165) is 23.2 Å². The molecule has 0 saturated heterocycles. The highest BCUT2D eigenvalue weighted by Gasteiger charge is 2.12. The molecule has 0 bridgehead atoms. The molecule has 0 spiro atoms. The molecule has 0 aromatic heterocycles. The highest BCUT2D eigenvalue weighted by molar-refractivity contribution is 5.64. The van der Waals surface area contributed by atoms with Crippen molar-refractivity contribution in [2.45, 2.75) is 41.0 Å². The maximum atomic E-state index is 10.4. The van der Waals surface area contributed by atoms with Gasteiger partial charge in [-0.1, -0.05) is 6.92 Å². The van der Waals surface area contributed by atoms with Gasteiger partial charge in [0.1, 0.15) is 0 Å². The second kappa shape index (κ2) is 4.41. The molecule has 1 aromatic rings. The molecule has 0 N–H and O–H groups in total. The molecule has 2 heteroatoms. The van der Waals surface area contributed by atoms with Crippen LogP contribution in [0.15, 0.2) is 4.99 Å². The van der Waals surface area contributed by atoms with Gasteiger partial charge < -0.3 is 0 Å². The molecular weight excluding hydrogens is 186 g/mol. The van der Waals surface area contributed by atoms with E-state index in [-0.39, 0.29) is 0 Å². The Morgan fingerprint density at radius 2 is 1.47 bits per heavy atom. The van der Waals surface area contributed by atoms with E-state index >= 15 is 0 Å². The van der Waals surface area contributed by atoms with Crippen molar-refractivity contribution in [3.05, 3.63) is 27.8 Å². The standard InChI is InChI=1S/C13H17NO/c1-6-12-8(2)10(4)13(14-7-15)11(5)9(12)3/h6H2,1-5H3. The van der Waals surface area contributed by atoms with Crippen LogP contribution in [0, 0.1) is 27.7 Å². The fourth-order valence-corrected chi connectivity index (χ4v) is 2.11. The smallest absolute Gasteiger partial charge is 0.211 e. The van der Waals surface area contributed by atoms with Gasteiger partial charge in [0.2, 0.25) is 6.08 Å². The molecule has 1 rings (SSSR count). The fourth-order valence-electron chi connectivity index (χ4n) is 2.11. The topological polar surface area (TPSA) is 29.4 Å². The minimum atomic E-state index is 0.789. The molecular formula is C13H17NO. The summed E-state index contributed by atoms with van der Waals surface area (Å²) in [5.41, 5.74) is 6.84. The molecule has 0 heterocycles. The van der Waals surface area contributed by atoms with E-state index in [1.165, 1.54) is 16.7 Å². The van der Waals surface area contributed by atoms with E-state index in [2.05, 4.69) is 25.8 Å². The Bertz CT molecular complexity index is 411. The lowest BCUT2D eigenvalue weighted by atomic mass is 9.91. The van der Waals surface area contributed by atoms with Crippen LogP contribution in [0.4, 0.5) is 5.69 Å². The Balaban J connectivity index is 3.65. The van der Waals surface area contributed by atoms with Crippen molar-refractivity contribution in [2.24, 2.45) is 4.99 Å². The van der Waals surface area contributed by atoms with Gasteiger partial charge in [-0.05, 0) is 61.9 Å². The first-order valence-electron chi connectivity index (χ1n) is 5.21. The second-order valence-electron chi connectivity index (χ2n) is 3.88. The minimum absolute atomic E-state index is 0.789. The summed E-state index contributed by atoms with van der Waals surface area (Å²) in [7, 11) is 0. The highest BCUT2D eigenvalue weighted by atomic mass is 16.1.